The van der Waals surface area contributed by atoms with E-state index in [1.54, 1.807) is 0 Å². The maximum Gasteiger partial charge on any atom is 0.303 e. The van der Waals surface area contributed by atoms with Crippen molar-refractivity contribution in [1.29, 1.82) is 0 Å². The fraction of sp³-hybridized carbons (Fsp3) is 0.643. The van der Waals surface area contributed by atoms with Crippen molar-refractivity contribution in [2.45, 2.75) is 58.3 Å². The second-order valence-electron chi connectivity index (χ2n) is 4.45. The predicted molar refractivity (Wildman–Crippen MR) is 72.5 cm³/mol. The van der Waals surface area contributed by atoms with E-state index >= 15 is 0 Å². The van der Waals surface area contributed by atoms with E-state index in [-0.39, 0.29) is 11.8 Å². The lowest BCUT2D eigenvalue weighted by atomic mass is 10.1. The molecule has 0 aromatic rings. The predicted octanol–water partition coefficient (Wildman–Crippen LogP) is 2.41. The summed E-state index contributed by atoms with van der Waals surface area (Å²) in [4.78, 5) is 30.2. The first kappa shape index (κ1) is 17.4. The number of amides is 2. The van der Waals surface area contributed by atoms with Crippen LogP contribution < -0.4 is 5.32 Å². The molecule has 1 aliphatic rings. The highest BCUT2D eigenvalue weighted by Gasteiger charge is 2.06. The minimum absolute atomic E-state index is 0.329. The van der Waals surface area contributed by atoms with Gasteiger partial charge in [0.05, 0.1) is 0 Å². The van der Waals surface area contributed by atoms with Crippen LogP contribution in [0.5, 0.6) is 0 Å². The van der Waals surface area contributed by atoms with Crippen LogP contribution in [0.3, 0.4) is 0 Å². The SMILES string of the molecule is CCCCCCCCCC(=O)O.O=C1C=CC(=O)N1. The zero-order valence-corrected chi connectivity index (χ0v) is 11.5. The summed E-state index contributed by atoms with van der Waals surface area (Å²) >= 11 is 0. The summed E-state index contributed by atoms with van der Waals surface area (Å²) in [7, 11) is 0. The third-order valence-electron chi connectivity index (χ3n) is 2.63. The van der Waals surface area contributed by atoms with Gasteiger partial charge >= 0.3 is 5.97 Å². The topological polar surface area (TPSA) is 83.5 Å². The summed E-state index contributed by atoms with van der Waals surface area (Å²) in [5.74, 6) is -1.32. The van der Waals surface area contributed by atoms with Crippen molar-refractivity contribution in [1.82, 2.24) is 5.32 Å². The van der Waals surface area contributed by atoms with Gasteiger partial charge in [0.25, 0.3) is 11.8 Å². The number of rotatable bonds is 8. The molecule has 0 aliphatic carbocycles. The van der Waals surface area contributed by atoms with Crippen molar-refractivity contribution >= 4 is 17.8 Å². The molecule has 0 aromatic carbocycles. The summed E-state index contributed by atoms with van der Waals surface area (Å²) in [6, 6.07) is 0. The Morgan fingerprint density at radius 2 is 1.47 bits per heavy atom. The van der Waals surface area contributed by atoms with Crippen molar-refractivity contribution in [3.63, 3.8) is 0 Å². The Hall–Kier alpha value is -1.65. The van der Waals surface area contributed by atoms with Gasteiger partial charge in [0.1, 0.15) is 0 Å². The molecule has 0 atom stereocenters. The molecule has 0 saturated heterocycles. The highest BCUT2D eigenvalue weighted by Crippen LogP contribution is 2.07. The van der Waals surface area contributed by atoms with Gasteiger partial charge in [-0.15, -0.1) is 0 Å². The molecule has 0 bridgehead atoms. The molecule has 2 amide bonds. The first-order valence-electron chi connectivity index (χ1n) is 6.81. The third kappa shape index (κ3) is 12.6. The van der Waals surface area contributed by atoms with Crippen LogP contribution in [0.15, 0.2) is 12.2 Å². The number of imide groups is 1. The van der Waals surface area contributed by atoms with Crippen LogP contribution in [0.1, 0.15) is 58.3 Å². The number of aliphatic carboxylic acids is 1. The van der Waals surface area contributed by atoms with E-state index in [0.29, 0.717) is 6.42 Å². The summed E-state index contributed by atoms with van der Waals surface area (Å²) in [5.41, 5.74) is 0. The summed E-state index contributed by atoms with van der Waals surface area (Å²) in [5, 5.41) is 10.4. The maximum atomic E-state index is 10.1. The van der Waals surface area contributed by atoms with Crippen LogP contribution in [0.2, 0.25) is 0 Å². The van der Waals surface area contributed by atoms with E-state index in [2.05, 4.69) is 6.92 Å². The number of carboxylic acid groups (broad SMARTS) is 1. The van der Waals surface area contributed by atoms with Gasteiger partial charge in [-0.3, -0.25) is 19.7 Å². The first-order valence-corrected chi connectivity index (χ1v) is 6.81. The zero-order chi connectivity index (χ0) is 14.5. The van der Waals surface area contributed by atoms with E-state index in [9.17, 15) is 14.4 Å². The number of carboxylic acids is 1. The molecule has 19 heavy (non-hydrogen) atoms. The van der Waals surface area contributed by atoms with Crippen LogP contribution >= 0.6 is 0 Å². The Morgan fingerprint density at radius 3 is 1.84 bits per heavy atom. The molecule has 108 valence electrons. The van der Waals surface area contributed by atoms with Gasteiger partial charge in [-0.05, 0) is 6.42 Å². The number of carbonyl (C=O) groups is 3. The van der Waals surface area contributed by atoms with E-state index in [1.807, 2.05) is 5.32 Å². The Balaban J connectivity index is 0.000000388. The van der Waals surface area contributed by atoms with Gasteiger partial charge in [0.15, 0.2) is 0 Å². The highest BCUT2D eigenvalue weighted by atomic mass is 16.4. The van der Waals surface area contributed by atoms with Crippen LogP contribution in [-0.4, -0.2) is 22.9 Å². The lowest BCUT2D eigenvalue weighted by Gasteiger charge is -1.98. The van der Waals surface area contributed by atoms with Crippen molar-refractivity contribution in [3.8, 4) is 0 Å². The normalized spacial score (nSPS) is 12.9. The van der Waals surface area contributed by atoms with E-state index in [4.69, 9.17) is 5.11 Å². The van der Waals surface area contributed by atoms with E-state index in [1.165, 1.54) is 44.3 Å². The smallest absolute Gasteiger partial charge is 0.303 e. The number of unbranched alkanes of at least 4 members (excludes halogenated alkanes) is 6. The van der Waals surface area contributed by atoms with Gasteiger partial charge in [-0.2, -0.15) is 0 Å². The lowest BCUT2D eigenvalue weighted by Crippen LogP contribution is -2.19. The largest absolute Gasteiger partial charge is 0.481 e. The fourth-order valence-corrected chi connectivity index (χ4v) is 1.59. The van der Waals surface area contributed by atoms with Crippen molar-refractivity contribution < 1.29 is 19.5 Å². The summed E-state index contributed by atoms with van der Waals surface area (Å²) < 4.78 is 0. The average Bonchev–Trinajstić information content (AvgIpc) is 2.72. The van der Waals surface area contributed by atoms with Crippen molar-refractivity contribution in [2.24, 2.45) is 0 Å². The maximum absolute atomic E-state index is 10.1. The van der Waals surface area contributed by atoms with Gasteiger partial charge in [-0.25, -0.2) is 0 Å². The van der Waals surface area contributed by atoms with E-state index in [0.717, 1.165) is 12.8 Å². The van der Waals surface area contributed by atoms with Crippen LogP contribution in [0.4, 0.5) is 0 Å². The molecule has 1 rings (SSSR count). The molecule has 0 fully saturated rings. The molecule has 0 radical (unpaired) electrons. The number of carbonyl (C=O) groups excluding carboxylic acids is 2. The molecular weight excluding hydrogens is 246 g/mol. The molecule has 2 N–H and O–H groups in total. The third-order valence-corrected chi connectivity index (χ3v) is 2.63. The van der Waals surface area contributed by atoms with E-state index < -0.39 is 5.97 Å². The van der Waals surface area contributed by atoms with Crippen molar-refractivity contribution in [2.75, 3.05) is 0 Å². The van der Waals surface area contributed by atoms with Crippen LogP contribution in [0.25, 0.3) is 0 Å². The van der Waals surface area contributed by atoms with Crippen LogP contribution in [-0.2, 0) is 14.4 Å². The second kappa shape index (κ2) is 11.4. The van der Waals surface area contributed by atoms with Gasteiger partial charge < -0.3 is 5.11 Å². The monoisotopic (exact) mass is 269 g/mol. The first-order chi connectivity index (χ1) is 9.06. The molecule has 1 aliphatic heterocycles. The zero-order valence-electron chi connectivity index (χ0n) is 11.5. The second-order valence-corrected chi connectivity index (χ2v) is 4.45. The number of nitrogens with one attached hydrogen (secondary N) is 1. The molecule has 0 saturated carbocycles. The standard InChI is InChI=1S/C10H20O2.C4H3NO2/c1-2-3-4-5-6-7-8-9-10(11)12;6-3-1-2-4(7)5-3/h2-9H2,1H3,(H,11,12);1-2H,(H,5,6,7). The molecular formula is C14H23NO4. The molecule has 0 unspecified atom stereocenters. The number of hydrogen-bond donors (Lipinski definition) is 2. The van der Waals surface area contributed by atoms with Gasteiger partial charge in [0.2, 0.25) is 0 Å². The molecule has 5 nitrogen and oxygen atoms in total. The summed E-state index contributed by atoms with van der Waals surface area (Å²) in [6.45, 7) is 2.20. The van der Waals surface area contributed by atoms with Crippen LogP contribution in [0, 0.1) is 0 Å². The highest BCUT2D eigenvalue weighted by molar-refractivity contribution is 6.12. The molecule has 0 spiro atoms. The summed E-state index contributed by atoms with van der Waals surface area (Å²) in [6.07, 6.45) is 11.0. The Labute approximate surface area is 114 Å². The molecule has 1 heterocycles. The van der Waals surface area contributed by atoms with Gasteiger partial charge in [0, 0.05) is 18.6 Å². The molecule has 5 heteroatoms. The Bertz CT molecular complexity index is 307. The quantitative estimate of drug-likeness (QED) is 0.523. The fourth-order valence-electron chi connectivity index (χ4n) is 1.59. The van der Waals surface area contributed by atoms with Gasteiger partial charge in [-0.1, -0.05) is 45.4 Å². The minimum Gasteiger partial charge on any atom is -0.481 e. The minimum atomic E-state index is -0.663. The average molecular weight is 269 g/mol. The van der Waals surface area contributed by atoms with Crippen molar-refractivity contribution in [3.05, 3.63) is 12.2 Å². The Kier molecular flexibility index (Phi) is 10.4. The lowest BCUT2D eigenvalue weighted by molar-refractivity contribution is -0.137. The molecule has 0 aromatic heterocycles. The number of hydrogen-bond acceptors (Lipinski definition) is 3. The Morgan fingerprint density at radius 1 is 1.00 bits per heavy atom.